The van der Waals surface area contributed by atoms with Crippen molar-refractivity contribution in [3.8, 4) is 0 Å². The molecule has 1 fully saturated rings. The number of rotatable bonds is 5. The lowest BCUT2D eigenvalue weighted by Crippen LogP contribution is -2.30. The molecule has 3 rings (SSSR count). The molecule has 0 radical (unpaired) electrons. The summed E-state index contributed by atoms with van der Waals surface area (Å²) in [5.74, 6) is 1.78. The minimum atomic E-state index is 0.0856. The average molecular weight is 283 g/mol. The molecular weight excluding hydrogens is 262 g/mol. The topological polar surface area (TPSA) is 33.5 Å². The maximum absolute atomic E-state index is 12.5. The van der Waals surface area contributed by atoms with Crippen LogP contribution in [0.5, 0.6) is 0 Å². The fraction of sp³-hybridized carbons (Fsp3) is 0.389. The largest absolute Gasteiger partial charge is 0.468 e. The molecule has 1 heterocycles. The van der Waals surface area contributed by atoms with Gasteiger partial charge in [0.2, 0.25) is 0 Å². The Balaban J connectivity index is 1.80. The average Bonchev–Trinajstić information content (AvgIpc) is 3.17. The van der Waals surface area contributed by atoms with Crippen LogP contribution in [-0.4, -0.2) is 23.9 Å². The second-order valence-corrected chi connectivity index (χ2v) is 5.54. The van der Waals surface area contributed by atoms with Crippen molar-refractivity contribution in [1.29, 1.82) is 0 Å². The van der Waals surface area contributed by atoms with Crippen molar-refractivity contribution < 1.29 is 9.21 Å². The summed E-state index contributed by atoms with van der Waals surface area (Å²) < 4.78 is 5.65. The monoisotopic (exact) mass is 283 g/mol. The highest BCUT2D eigenvalue weighted by molar-refractivity contribution is 5.95. The molecule has 0 saturated heterocycles. The van der Waals surface area contributed by atoms with E-state index in [4.69, 9.17) is 4.42 Å². The first-order valence-electron chi connectivity index (χ1n) is 7.67. The molecule has 2 aromatic rings. The zero-order valence-corrected chi connectivity index (χ0v) is 12.6. The zero-order chi connectivity index (χ0) is 14.8. The van der Waals surface area contributed by atoms with Gasteiger partial charge < -0.3 is 9.32 Å². The SMILES string of the molecule is CCN(CC)C(=O)c1ccoc1C1CC1c1ccccc1. The van der Waals surface area contributed by atoms with Crippen molar-refractivity contribution in [2.24, 2.45) is 0 Å². The molecule has 1 aromatic heterocycles. The lowest BCUT2D eigenvalue weighted by molar-refractivity contribution is 0.0770. The number of hydrogen-bond acceptors (Lipinski definition) is 2. The summed E-state index contributed by atoms with van der Waals surface area (Å²) in [6.45, 7) is 5.47. The Bertz CT molecular complexity index is 613. The zero-order valence-electron chi connectivity index (χ0n) is 12.6. The molecule has 1 aliphatic carbocycles. The summed E-state index contributed by atoms with van der Waals surface area (Å²) in [4.78, 5) is 14.4. The highest BCUT2D eigenvalue weighted by Gasteiger charge is 2.43. The van der Waals surface area contributed by atoms with Gasteiger partial charge in [0.25, 0.3) is 5.91 Å². The van der Waals surface area contributed by atoms with Gasteiger partial charge in [-0.2, -0.15) is 0 Å². The number of benzene rings is 1. The van der Waals surface area contributed by atoms with Gasteiger partial charge in [-0.15, -0.1) is 0 Å². The molecule has 1 saturated carbocycles. The second-order valence-electron chi connectivity index (χ2n) is 5.54. The molecule has 2 unspecified atom stereocenters. The van der Waals surface area contributed by atoms with Crippen LogP contribution in [0.15, 0.2) is 47.1 Å². The number of carbonyl (C=O) groups is 1. The van der Waals surface area contributed by atoms with Crippen molar-refractivity contribution in [3.63, 3.8) is 0 Å². The van der Waals surface area contributed by atoms with Crippen LogP contribution in [0.25, 0.3) is 0 Å². The smallest absolute Gasteiger partial charge is 0.257 e. The Kier molecular flexibility index (Phi) is 3.82. The van der Waals surface area contributed by atoms with Gasteiger partial charge in [-0.3, -0.25) is 4.79 Å². The standard InChI is InChI=1S/C18H21NO2/c1-3-19(4-2)18(20)14-10-11-21-17(14)16-12-15(16)13-8-6-5-7-9-13/h5-11,15-16H,3-4,12H2,1-2H3. The van der Waals surface area contributed by atoms with Crippen molar-refractivity contribution in [1.82, 2.24) is 4.90 Å². The summed E-state index contributed by atoms with van der Waals surface area (Å²) in [7, 11) is 0. The molecule has 1 aliphatic rings. The first-order chi connectivity index (χ1) is 10.3. The minimum absolute atomic E-state index is 0.0856. The Morgan fingerprint density at radius 1 is 1.14 bits per heavy atom. The summed E-state index contributed by atoms with van der Waals surface area (Å²) in [5.41, 5.74) is 2.07. The van der Waals surface area contributed by atoms with E-state index in [1.165, 1.54) is 5.56 Å². The lowest BCUT2D eigenvalue weighted by Gasteiger charge is -2.18. The van der Waals surface area contributed by atoms with E-state index in [1.54, 1.807) is 6.26 Å². The molecule has 0 bridgehead atoms. The fourth-order valence-corrected chi connectivity index (χ4v) is 3.02. The Morgan fingerprint density at radius 3 is 2.52 bits per heavy atom. The third-order valence-electron chi connectivity index (χ3n) is 4.33. The molecular formula is C18H21NO2. The highest BCUT2D eigenvalue weighted by atomic mass is 16.3. The molecule has 0 aliphatic heterocycles. The molecule has 3 nitrogen and oxygen atoms in total. The van der Waals surface area contributed by atoms with Gasteiger partial charge in [0, 0.05) is 19.0 Å². The number of carbonyl (C=O) groups excluding carboxylic acids is 1. The van der Waals surface area contributed by atoms with Crippen LogP contribution in [0.3, 0.4) is 0 Å². The maximum Gasteiger partial charge on any atom is 0.257 e. The van der Waals surface area contributed by atoms with Gasteiger partial charge >= 0.3 is 0 Å². The number of amides is 1. The van der Waals surface area contributed by atoms with Crippen molar-refractivity contribution in [3.05, 3.63) is 59.5 Å². The molecule has 0 N–H and O–H groups in total. The van der Waals surface area contributed by atoms with E-state index in [0.29, 0.717) is 11.8 Å². The Labute approximate surface area is 125 Å². The molecule has 0 spiro atoms. The van der Waals surface area contributed by atoms with Crippen LogP contribution < -0.4 is 0 Å². The van der Waals surface area contributed by atoms with E-state index in [9.17, 15) is 4.79 Å². The Morgan fingerprint density at radius 2 is 1.86 bits per heavy atom. The van der Waals surface area contributed by atoms with Crippen LogP contribution in [-0.2, 0) is 0 Å². The summed E-state index contributed by atoms with van der Waals surface area (Å²) in [5, 5.41) is 0. The van der Waals surface area contributed by atoms with Gasteiger partial charge in [-0.1, -0.05) is 30.3 Å². The first kappa shape index (κ1) is 13.9. The van der Waals surface area contributed by atoms with E-state index < -0.39 is 0 Å². The number of furan rings is 1. The fourth-order valence-electron chi connectivity index (χ4n) is 3.02. The quantitative estimate of drug-likeness (QED) is 0.830. The van der Waals surface area contributed by atoms with Gasteiger partial charge in [-0.25, -0.2) is 0 Å². The highest BCUT2D eigenvalue weighted by Crippen LogP contribution is 2.55. The molecule has 110 valence electrons. The summed E-state index contributed by atoms with van der Waals surface area (Å²) >= 11 is 0. The van der Waals surface area contributed by atoms with E-state index in [-0.39, 0.29) is 5.91 Å². The predicted octanol–water partition coefficient (Wildman–Crippen LogP) is 4.03. The second kappa shape index (κ2) is 5.76. The number of nitrogens with zero attached hydrogens (tertiary/aromatic N) is 1. The lowest BCUT2D eigenvalue weighted by atomic mass is 10.1. The molecule has 21 heavy (non-hydrogen) atoms. The van der Waals surface area contributed by atoms with E-state index >= 15 is 0 Å². The minimum Gasteiger partial charge on any atom is -0.468 e. The van der Waals surface area contributed by atoms with E-state index in [0.717, 1.165) is 30.8 Å². The van der Waals surface area contributed by atoms with Gasteiger partial charge in [0.05, 0.1) is 11.8 Å². The van der Waals surface area contributed by atoms with Gasteiger partial charge in [0.1, 0.15) is 5.76 Å². The number of hydrogen-bond donors (Lipinski definition) is 0. The summed E-state index contributed by atoms with van der Waals surface area (Å²) in [6.07, 6.45) is 2.71. The van der Waals surface area contributed by atoms with Crippen LogP contribution in [0.2, 0.25) is 0 Å². The Hall–Kier alpha value is -2.03. The van der Waals surface area contributed by atoms with Crippen LogP contribution in [0.1, 0.15) is 53.8 Å². The molecule has 1 aromatic carbocycles. The molecule has 3 heteroatoms. The third-order valence-corrected chi connectivity index (χ3v) is 4.33. The molecule has 1 amide bonds. The van der Waals surface area contributed by atoms with Crippen molar-refractivity contribution >= 4 is 5.91 Å². The maximum atomic E-state index is 12.5. The van der Waals surface area contributed by atoms with Crippen LogP contribution >= 0.6 is 0 Å². The van der Waals surface area contributed by atoms with E-state index in [2.05, 4.69) is 24.3 Å². The first-order valence-corrected chi connectivity index (χ1v) is 7.67. The van der Waals surface area contributed by atoms with Gasteiger partial charge in [-0.05, 0) is 37.8 Å². The third kappa shape index (κ3) is 2.60. The van der Waals surface area contributed by atoms with Crippen LogP contribution in [0, 0.1) is 0 Å². The molecule has 2 atom stereocenters. The van der Waals surface area contributed by atoms with Crippen LogP contribution in [0.4, 0.5) is 0 Å². The predicted molar refractivity (Wildman–Crippen MR) is 82.5 cm³/mol. The van der Waals surface area contributed by atoms with Gasteiger partial charge in [0.15, 0.2) is 0 Å². The summed E-state index contributed by atoms with van der Waals surface area (Å²) in [6, 6.07) is 12.3. The van der Waals surface area contributed by atoms with Crippen molar-refractivity contribution in [2.45, 2.75) is 32.1 Å². The van der Waals surface area contributed by atoms with E-state index in [1.807, 2.05) is 30.9 Å². The normalized spacial score (nSPS) is 20.3. The van der Waals surface area contributed by atoms with Crippen molar-refractivity contribution in [2.75, 3.05) is 13.1 Å².